The molecule has 1 aromatic heterocycles. The quantitative estimate of drug-likeness (QED) is 0.624. The first kappa shape index (κ1) is 11.1. The lowest BCUT2D eigenvalue weighted by atomic mass is 10.1. The minimum Gasteiger partial charge on any atom is -0.357 e. The molecule has 1 heterocycles. The van der Waals surface area contributed by atoms with E-state index in [-0.39, 0.29) is 0 Å². The van der Waals surface area contributed by atoms with Gasteiger partial charge < -0.3 is 4.90 Å². The van der Waals surface area contributed by atoms with Crippen molar-refractivity contribution in [1.29, 1.82) is 5.41 Å². The van der Waals surface area contributed by atoms with E-state index in [0.29, 0.717) is 5.92 Å². The van der Waals surface area contributed by atoms with Gasteiger partial charge in [-0.05, 0) is 25.0 Å². The fraction of sp³-hybridized carbons (Fsp3) is 0.538. The smallest absolute Gasteiger partial charge is 0.0990 e. The van der Waals surface area contributed by atoms with Gasteiger partial charge in [-0.25, -0.2) is 0 Å². The molecule has 0 bridgehead atoms. The number of nitrogens with zero attached hydrogens (tertiary/aromatic N) is 2. The van der Waals surface area contributed by atoms with Crippen LogP contribution in [-0.4, -0.2) is 22.8 Å². The summed E-state index contributed by atoms with van der Waals surface area (Å²) in [5, 5.41) is 8.14. The van der Waals surface area contributed by atoms with Crippen LogP contribution in [0.1, 0.15) is 31.4 Å². The summed E-state index contributed by atoms with van der Waals surface area (Å²) < 4.78 is 0. The van der Waals surface area contributed by atoms with Gasteiger partial charge in [-0.2, -0.15) is 0 Å². The zero-order valence-corrected chi connectivity index (χ0v) is 9.82. The molecule has 0 spiro atoms. The van der Waals surface area contributed by atoms with Crippen LogP contribution in [0.3, 0.4) is 0 Å². The van der Waals surface area contributed by atoms with Crippen molar-refractivity contribution in [2.75, 3.05) is 7.05 Å². The highest BCUT2D eigenvalue weighted by Crippen LogP contribution is 2.26. The van der Waals surface area contributed by atoms with Crippen LogP contribution in [-0.2, 0) is 6.54 Å². The monoisotopic (exact) mass is 217 g/mol. The van der Waals surface area contributed by atoms with Crippen LogP contribution in [0.15, 0.2) is 24.4 Å². The lowest BCUT2D eigenvalue weighted by molar-refractivity contribution is 0.450. The molecule has 86 valence electrons. The van der Waals surface area contributed by atoms with E-state index in [9.17, 15) is 0 Å². The van der Waals surface area contributed by atoms with Gasteiger partial charge in [0.2, 0.25) is 0 Å². The molecule has 1 N–H and O–H groups in total. The van der Waals surface area contributed by atoms with Crippen molar-refractivity contribution in [2.24, 2.45) is 5.92 Å². The Balaban J connectivity index is 1.92. The summed E-state index contributed by atoms with van der Waals surface area (Å²) in [5.74, 6) is 1.26. The van der Waals surface area contributed by atoms with Crippen LogP contribution >= 0.6 is 0 Å². The van der Waals surface area contributed by atoms with Gasteiger partial charge >= 0.3 is 0 Å². The van der Waals surface area contributed by atoms with Crippen LogP contribution in [0.25, 0.3) is 0 Å². The Morgan fingerprint density at radius 2 is 2.19 bits per heavy atom. The molecular weight excluding hydrogens is 198 g/mol. The second-order valence-electron chi connectivity index (χ2n) is 4.54. The Morgan fingerprint density at radius 1 is 1.44 bits per heavy atom. The fourth-order valence-electron chi connectivity index (χ4n) is 2.33. The largest absolute Gasteiger partial charge is 0.357 e. The van der Waals surface area contributed by atoms with Crippen molar-refractivity contribution in [3.63, 3.8) is 0 Å². The molecule has 0 amide bonds. The Hall–Kier alpha value is -1.38. The van der Waals surface area contributed by atoms with Crippen molar-refractivity contribution >= 4 is 5.84 Å². The molecule has 2 rings (SSSR count). The lowest BCUT2D eigenvalue weighted by Gasteiger charge is -2.23. The average Bonchev–Trinajstić information content (AvgIpc) is 2.83. The molecule has 1 aromatic rings. The van der Waals surface area contributed by atoms with Crippen molar-refractivity contribution in [3.8, 4) is 0 Å². The molecule has 1 aliphatic rings. The first-order chi connectivity index (χ1) is 7.77. The van der Waals surface area contributed by atoms with Gasteiger partial charge in [-0.15, -0.1) is 0 Å². The fourth-order valence-corrected chi connectivity index (χ4v) is 2.33. The van der Waals surface area contributed by atoms with E-state index in [1.54, 1.807) is 0 Å². The zero-order valence-electron chi connectivity index (χ0n) is 9.82. The number of amidine groups is 1. The van der Waals surface area contributed by atoms with Crippen molar-refractivity contribution in [3.05, 3.63) is 30.1 Å². The summed E-state index contributed by atoms with van der Waals surface area (Å²) >= 11 is 0. The average molecular weight is 217 g/mol. The second-order valence-corrected chi connectivity index (χ2v) is 4.54. The van der Waals surface area contributed by atoms with E-state index in [1.807, 2.05) is 36.3 Å². The van der Waals surface area contributed by atoms with Gasteiger partial charge in [0.05, 0.1) is 18.1 Å². The number of hydrogen-bond acceptors (Lipinski definition) is 2. The summed E-state index contributed by atoms with van der Waals surface area (Å²) in [7, 11) is 2.00. The molecule has 0 saturated heterocycles. The predicted octanol–water partition coefficient (Wildman–Crippen LogP) is 2.68. The number of pyridine rings is 1. The molecule has 1 aliphatic carbocycles. The summed E-state index contributed by atoms with van der Waals surface area (Å²) in [6, 6.07) is 5.93. The third-order valence-corrected chi connectivity index (χ3v) is 3.28. The van der Waals surface area contributed by atoms with Crippen molar-refractivity contribution in [2.45, 2.75) is 32.2 Å². The van der Waals surface area contributed by atoms with Crippen LogP contribution in [0, 0.1) is 11.3 Å². The molecule has 3 nitrogen and oxygen atoms in total. The minimum absolute atomic E-state index is 0.480. The van der Waals surface area contributed by atoms with E-state index >= 15 is 0 Å². The van der Waals surface area contributed by atoms with Crippen molar-refractivity contribution in [1.82, 2.24) is 9.88 Å². The maximum absolute atomic E-state index is 8.14. The van der Waals surface area contributed by atoms with Gasteiger partial charge in [0.15, 0.2) is 0 Å². The van der Waals surface area contributed by atoms with E-state index in [0.717, 1.165) is 18.1 Å². The first-order valence-electron chi connectivity index (χ1n) is 5.97. The summed E-state index contributed by atoms with van der Waals surface area (Å²) in [4.78, 5) is 6.32. The summed E-state index contributed by atoms with van der Waals surface area (Å²) in [5.41, 5.74) is 1.03. The number of nitrogens with one attached hydrogen (secondary N) is 1. The minimum atomic E-state index is 0.480. The SMILES string of the molecule is CN(Cc1ccccn1)C(=N)C1CCCC1. The van der Waals surface area contributed by atoms with Crippen LogP contribution in [0.5, 0.6) is 0 Å². The maximum Gasteiger partial charge on any atom is 0.0990 e. The van der Waals surface area contributed by atoms with Crippen LogP contribution in [0.2, 0.25) is 0 Å². The van der Waals surface area contributed by atoms with Crippen LogP contribution < -0.4 is 0 Å². The van der Waals surface area contributed by atoms with E-state index < -0.39 is 0 Å². The molecule has 0 unspecified atom stereocenters. The van der Waals surface area contributed by atoms with Gasteiger partial charge in [-0.3, -0.25) is 10.4 Å². The van der Waals surface area contributed by atoms with E-state index in [2.05, 4.69) is 4.98 Å². The van der Waals surface area contributed by atoms with Gasteiger partial charge in [0.1, 0.15) is 0 Å². The third-order valence-electron chi connectivity index (χ3n) is 3.28. The highest BCUT2D eigenvalue weighted by atomic mass is 15.1. The molecule has 1 fully saturated rings. The van der Waals surface area contributed by atoms with Gasteiger partial charge in [-0.1, -0.05) is 18.9 Å². The molecule has 1 saturated carbocycles. The molecular formula is C13H19N3. The number of aromatic nitrogens is 1. The molecule has 0 aliphatic heterocycles. The second kappa shape index (κ2) is 5.10. The van der Waals surface area contributed by atoms with Crippen molar-refractivity contribution < 1.29 is 0 Å². The third kappa shape index (κ3) is 2.60. The lowest BCUT2D eigenvalue weighted by Crippen LogP contribution is -2.30. The van der Waals surface area contributed by atoms with E-state index in [1.165, 1.54) is 25.7 Å². The molecule has 3 heteroatoms. The highest BCUT2D eigenvalue weighted by molar-refractivity contribution is 5.81. The standard InChI is InChI=1S/C13H19N3/c1-16(10-12-8-4-5-9-15-12)13(14)11-6-2-3-7-11/h4-5,8-9,11,14H,2-3,6-7,10H2,1H3. The summed E-state index contributed by atoms with van der Waals surface area (Å²) in [6.45, 7) is 0.746. The highest BCUT2D eigenvalue weighted by Gasteiger charge is 2.22. The maximum atomic E-state index is 8.14. The van der Waals surface area contributed by atoms with Gasteiger partial charge in [0, 0.05) is 19.2 Å². The zero-order chi connectivity index (χ0) is 11.4. The Kier molecular flexibility index (Phi) is 3.54. The molecule has 0 atom stereocenters. The molecule has 16 heavy (non-hydrogen) atoms. The molecule has 0 radical (unpaired) electrons. The predicted molar refractivity (Wildman–Crippen MR) is 65.4 cm³/mol. The van der Waals surface area contributed by atoms with E-state index in [4.69, 9.17) is 5.41 Å². The molecule has 0 aromatic carbocycles. The Labute approximate surface area is 97.0 Å². The van der Waals surface area contributed by atoms with Crippen LogP contribution in [0.4, 0.5) is 0 Å². The number of rotatable bonds is 3. The topological polar surface area (TPSA) is 40.0 Å². The summed E-state index contributed by atoms with van der Waals surface area (Å²) in [6.07, 6.45) is 6.74. The Morgan fingerprint density at radius 3 is 2.81 bits per heavy atom. The first-order valence-corrected chi connectivity index (χ1v) is 5.97. The normalized spacial score (nSPS) is 16.3. The van der Waals surface area contributed by atoms with Gasteiger partial charge in [0.25, 0.3) is 0 Å². The number of hydrogen-bond donors (Lipinski definition) is 1. The Bertz CT molecular complexity index is 341.